The van der Waals surface area contributed by atoms with Crippen LogP contribution in [0.1, 0.15) is 38.1 Å². The van der Waals surface area contributed by atoms with Crippen molar-refractivity contribution in [2.75, 3.05) is 6.61 Å². The van der Waals surface area contributed by atoms with E-state index < -0.39 is 5.41 Å². The largest absolute Gasteiger partial charge is 0.493 e. The summed E-state index contributed by atoms with van der Waals surface area (Å²) in [6.07, 6.45) is 1.78. The number of hydrogen-bond donors (Lipinski definition) is 1. The number of fused-ring (bicyclic) bond motifs is 1. The Bertz CT molecular complexity index is 576. The van der Waals surface area contributed by atoms with Gasteiger partial charge in [-0.3, -0.25) is 4.79 Å². The van der Waals surface area contributed by atoms with E-state index in [2.05, 4.69) is 4.98 Å². The zero-order valence-electron chi connectivity index (χ0n) is 11.3. The molecule has 1 aromatic carbocycles. The molecule has 0 bridgehead atoms. The van der Waals surface area contributed by atoms with Crippen LogP contribution in [0.25, 0.3) is 10.9 Å². The highest BCUT2D eigenvalue weighted by Gasteiger charge is 2.26. The molecule has 1 N–H and O–H groups in total. The number of ketones is 1. The first-order chi connectivity index (χ1) is 8.45. The van der Waals surface area contributed by atoms with Gasteiger partial charge < -0.3 is 9.72 Å². The summed E-state index contributed by atoms with van der Waals surface area (Å²) in [5.41, 5.74) is 1.25. The standard InChI is InChI=1S/C15H19NO2/c1-5-18-12-8-6-7-11-13(12)10(9-16-11)14(17)15(2,3)4/h6-9,16H,5H2,1-4H3. The minimum atomic E-state index is -0.394. The fourth-order valence-corrected chi connectivity index (χ4v) is 2.01. The second-order valence-corrected chi connectivity index (χ2v) is 5.39. The highest BCUT2D eigenvalue weighted by Crippen LogP contribution is 2.32. The number of nitrogens with one attached hydrogen (secondary N) is 1. The van der Waals surface area contributed by atoms with Crippen molar-refractivity contribution in [3.05, 3.63) is 30.0 Å². The third-order valence-electron chi connectivity index (χ3n) is 2.89. The maximum Gasteiger partial charge on any atom is 0.170 e. The van der Waals surface area contributed by atoms with Gasteiger partial charge in [0.25, 0.3) is 0 Å². The number of aromatic nitrogens is 1. The number of hydrogen-bond acceptors (Lipinski definition) is 2. The molecule has 0 aliphatic heterocycles. The molecule has 0 radical (unpaired) electrons. The van der Waals surface area contributed by atoms with Crippen molar-refractivity contribution in [3.8, 4) is 5.75 Å². The van der Waals surface area contributed by atoms with E-state index in [1.807, 2.05) is 45.9 Å². The molecule has 0 aliphatic carbocycles. The average molecular weight is 245 g/mol. The summed E-state index contributed by atoms with van der Waals surface area (Å²) in [6, 6.07) is 5.78. The molecule has 1 aromatic heterocycles. The van der Waals surface area contributed by atoms with Gasteiger partial charge in [-0.1, -0.05) is 26.8 Å². The lowest BCUT2D eigenvalue weighted by molar-refractivity contribution is 0.0860. The average Bonchev–Trinajstić information content (AvgIpc) is 2.72. The molecule has 0 saturated heterocycles. The van der Waals surface area contributed by atoms with Crippen LogP contribution in [-0.2, 0) is 0 Å². The van der Waals surface area contributed by atoms with E-state index in [0.717, 1.165) is 16.7 Å². The van der Waals surface area contributed by atoms with Gasteiger partial charge in [-0.15, -0.1) is 0 Å². The SMILES string of the molecule is CCOc1cccc2[nH]cc(C(=O)C(C)(C)C)c12. The first kappa shape index (κ1) is 12.7. The van der Waals surface area contributed by atoms with Crippen LogP contribution in [0.3, 0.4) is 0 Å². The van der Waals surface area contributed by atoms with E-state index in [0.29, 0.717) is 12.2 Å². The van der Waals surface area contributed by atoms with E-state index in [1.165, 1.54) is 0 Å². The Labute approximate surface area is 107 Å². The summed E-state index contributed by atoms with van der Waals surface area (Å²) in [5.74, 6) is 0.893. The molecular weight excluding hydrogens is 226 g/mol. The van der Waals surface area contributed by atoms with Crippen molar-refractivity contribution in [1.29, 1.82) is 0 Å². The van der Waals surface area contributed by atoms with Crippen LogP contribution in [0.2, 0.25) is 0 Å². The molecule has 1 heterocycles. The highest BCUT2D eigenvalue weighted by atomic mass is 16.5. The lowest BCUT2D eigenvalue weighted by atomic mass is 9.86. The maximum absolute atomic E-state index is 12.4. The second kappa shape index (κ2) is 4.48. The Morgan fingerprint density at radius 2 is 2.06 bits per heavy atom. The monoisotopic (exact) mass is 245 g/mol. The molecule has 0 unspecified atom stereocenters. The molecule has 2 aromatic rings. The van der Waals surface area contributed by atoms with Gasteiger partial charge in [-0.25, -0.2) is 0 Å². The topological polar surface area (TPSA) is 42.1 Å². The molecule has 0 amide bonds. The molecule has 0 saturated carbocycles. The predicted molar refractivity (Wildman–Crippen MR) is 73.3 cm³/mol. The van der Waals surface area contributed by atoms with E-state index in [1.54, 1.807) is 6.20 Å². The molecule has 3 nitrogen and oxygen atoms in total. The van der Waals surface area contributed by atoms with Gasteiger partial charge >= 0.3 is 0 Å². The van der Waals surface area contributed by atoms with Gasteiger partial charge in [0.05, 0.1) is 12.0 Å². The Hall–Kier alpha value is -1.77. The summed E-state index contributed by atoms with van der Waals surface area (Å²) in [7, 11) is 0. The van der Waals surface area contributed by atoms with Crippen LogP contribution in [0.5, 0.6) is 5.75 Å². The lowest BCUT2D eigenvalue weighted by Crippen LogP contribution is -2.19. The van der Waals surface area contributed by atoms with Crippen molar-refractivity contribution in [2.24, 2.45) is 5.41 Å². The molecule has 0 aliphatic rings. The summed E-state index contributed by atoms with van der Waals surface area (Å²) < 4.78 is 5.61. The number of rotatable bonds is 3. The zero-order valence-corrected chi connectivity index (χ0v) is 11.3. The second-order valence-electron chi connectivity index (χ2n) is 5.39. The summed E-state index contributed by atoms with van der Waals surface area (Å²) in [4.78, 5) is 15.6. The number of carbonyl (C=O) groups is 1. The number of benzene rings is 1. The molecule has 18 heavy (non-hydrogen) atoms. The van der Waals surface area contributed by atoms with Crippen molar-refractivity contribution in [3.63, 3.8) is 0 Å². The smallest absolute Gasteiger partial charge is 0.170 e. The van der Waals surface area contributed by atoms with Gasteiger partial charge in [-0.2, -0.15) is 0 Å². The van der Waals surface area contributed by atoms with Gasteiger partial charge in [0.1, 0.15) is 5.75 Å². The Balaban J connectivity index is 2.62. The fraction of sp³-hybridized carbons (Fsp3) is 0.400. The fourth-order valence-electron chi connectivity index (χ4n) is 2.01. The summed E-state index contributed by atoms with van der Waals surface area (Å²) >= 11 is 0. The van der Waals surface area contributed by atoms with Gasteiger partial charge in [0.15, 0.2) is 5.78 Å². The third-order valence-corrected chi connectivity index (χ3v) is 2.89. The van der Waals surface area contributed by atoms with Gasteiger partial charge in [0, 0.05) is 22.7 Å². The van der Waals surface area contributed by atoms with Crippen molar-refractivity contribution in [2.45, 2.75) is 27.7 Å². The quantitative estimate of drug-likeness (QED) is 0.836. The number of carbonyl (C=O) groups excluding carboxylic acids is 1. The number of ether oxygens (including phenoxy) is 1. The summed E-state index contributed by atoms with van der Waals surface area (Å²) in [5, 5.41) is 0.888. The van der Waals surface area contributed by atoms with Crippen molar-refractivity contribution < 1.29 is 9.53 Å². The zero-order chi connectivity index (χ0) is 13.3. The van der Waals surface area contributed by atoms with Crippen LogP contribution < -0.4 is 4.74 Å². The maximum atomic E-state index is 12.4. The van der Waals surface area contributed by atoms with Crippen LogP contribution in [0.15, 0.2) is 24.4 Å². The lowest BCUT2D eigenvalue weighted by Gasteiger charge is -2.16. The Morgan fingerprint density at radius 3 is 2.67 bits per heavy atom. The van der Waals surface area contributed by atoms with Gasteiger partial charge in [-0.05, 0) is 19.1 Å². The first-order valence-electron chi connectivity index (χ1n) is 6.23. The molecule has 0 spiro atoms. The van der Waals surface area contributed by atoms with Crippen LogP contribution in [0, 0.1) is 5.41 Å². The van der Waals surface area contributed by atoms with Crippen molar-refractivity contribution in [1.82, 2.24) is 4.98 Å². The first-order valence-corrected chi connectivity index (χ1v) is 6.23. The summed E-state index contributed by atoms with van der Waals surface area (Å²) in [6.45, 7) is 8.32. The van der Waals surface area contributed by atoms with Crippen LogP contribution >= 0.6 is 0 Å². The van der Waals surface area contributed by atoms with Crippen LogP contribution in [-0.4, -0.2) is 17.4 Å². The highest BCUT2D eigenvalue weighted by molar-refractivity contribution is 6.11. The predicted octanol–water partition coefficient (Wildman–Crippen LogP) is 3.80. The Morgan fingerprint density at radius 1 is 1.33 bits per heavy atom. The van der Waals surface area contributed by atoms with E-state index >= 15 is 0 Å². The van der Waals surface area contributed by atoms with Gasteiger partial charge in [0.2, 0.25) is 0 Å². The molecule has 0 fully saturated rings. The number of Topliss-reactive ketones (excluding diaryl/α,β-unsaturated/α-hetero) is 1. The minimum absolute atomic E-state index is 0.126. The molecule has 2 rings (SSSR count). The minimum Gasteiger partial charge on any atom is -0.493 e. The normalized spacial score (nSPS) is 11.8. The van der Waals surface area contributed by atoms with Crippen molar-refractivity contribution >= 4 is 16.7 Å². The molecular formula is C15H19NO2. The van der Waals surface area contributed by atoms with E-state index in [-0.39, 0.29) is 5.78 Å². The molecule has 3 heteroatoms. The molecule has 96 valence electrons. The Kier molecular flexibility index (Phi) is 3.16. The number of H-pyrrole nitrogens is 1. The van der Waals surface area contributed by atoms with Crippen LogP contribution in [0.4, 0.5) is 0 Å². The molecule has 0 atom stereocenters. The third kappa shape index (κ3) is 2.13. The van der Waals surface area contributed by atoms with E-state index in [9.17, 15) is 4.79 Å². The number of aromatic amines is 1. The van der Waals surface area contributed by atoms with E-state index in [4.69, 9.17) is 4.74 Å².